The number of aryl methyl sites for hydroxylation is 1. The van der Waals surface area contributed by atoms with E-state index >= 15 is 0 Å². The molecule has 2 rings (SSSR count). The Morgan fingerprint density at radius 1 is 1.30 bits per heavy atom. The summed E-state index contributed by atoms with van der Waals surface area (Å²) in [5, 5.41) is 8.89. The Balaban J connectivity index is 2.27. The highest BCUT2D eigenvalue weighted by Gasteiger charge is 2.10. The summed E-state index contributed by atoms with van der Waals surface area (Å²) in [5.74, 6) is 0. The number of nitrogens with two attached hydrogens (primary N) is 1. The monoisotopic (exact) mass is 266 g/mol. The lowest BCUT2D eigenvalue weighted by atomic mass is 10.1. The van der Waals surface area contributed by atoms with E-state index in [4.69, 9.17) is 11.0 Å². The average molecular weight is 266 g/mol. The number of nitriles is 1. The highest BCUT2D eigenvalue weighted by Crippen LogP contribution is 2.25. The summed E-state index contributed by atoms with van der Waals surface area (Å²) in [7, 11) is 0. The van der Waals surface area contributed by atoms with Crippen molar-refractivity contribution in [2.24, 2.45) is 0 Å². The molecule has 0 saturated carbocycles. The second kappa shape index (κ2) is 6.07. The van der Waals surface area contributed by atoms with Gasteiger partial charge in [-0.15, -0.1) is 0 Å². The first-order valence-electron chi connectivity index (χ1n) is 6.61. The Bertz CT molecular complexity index is 643. The first-order valence-corrected chi connectivity index (χ1v) is 6.61. The molecule has 4 heteroatoms. The lowest BCUT2D eigenvalue weighted by molar-refractivity contribution is 0.807. The fourth-order valence-corrected chi connectivity index (χ4v) is 2.16. The lowest BCUT2D eigenvalue weighted by Gasteiger charge is -2.24. The predicted octanol–water partition coefficient (Wildman–Crippen LogP) is 2.87. The molecule has 0 fully saturated rings. The summed E-state index contributed by atoms with van der Waals surface area (Å²) >= 11 is 0. The molecule has 102 valence electrons. The van der Waals surface area contributed by atoms with Crippen LogP contribution in [0, 0.1) is 18.3 Å². The maximum atomic E-state index is 8.89. The SMILES string of the molecule is CCN(Cc1cccc(C)n1)c1ccc(C#N)cc1N. The topological polar surface area (TPSA) is 65.9 Å². The van der Waals surface area contributed by atoms with E-state index in [2.05, 4.69) is 22.9 Å². The zero-order chi connectivity index (χ0) is 14.5. The van der Waals surface area contributed by atoms with E-state index in [1.807, 2.05) is 31.2 Å². The smallest absolute Gasteiger partial charge is 0.0992 e. The molecule has 0 aliphatic rings. The number of pyridine rings is 1. The van der Waals surface area contributed by atoms with Gasteiger partial charge in [0.2, 0.25) is 0 Å². The maximum Gasteiger partial charge on any atom is 0.0992 e. The number of rotatable bonds is 4. The van der Waals surface area contributed by atoms with Crippen molar-refractivity contribution in [2.75, 3.05) is 17.2 Å². The molecule has 1 aromatic heterocycles. The van der Waals surface area contributed by atoms with Gasteiger partial charge in [0, 0.05) is 12.2 Å². The molecule has 0 radical (unpaired) electrons. The molecule has 2 N–H and O–H groups in total. The van der Waals surface area contributed by atoms with Crippen molar-refractivity contribution in [3.63, 3.8) is 0 Å². The Morgan fingerprint density at radius 2 is 2.10 bits per heavy atom. The molecule has 0 aliphatic carbocycles. The Morgan fingerprint density at radius 3 is 2.70 bits per heavy atom. The summed E-state index contributed by atoms with van der Waals surface area (Å²) in [6.45, 7) is 5.59. The Kier molecular flexibility index (Phi) is 4.21. The third kappa shape index (κ3) is 3.07. The lowest BCUT2D eigenvalue weighted by Crippen LogP contribution is -2.23. The van der Waals surface area contributed by atoms with E-state index in [1.54, 1.807) is 12.1 Å². The van der Waals surface area contributed by atoms with Crippen molar-refractivity contribution < 1.29 is 0 Å². The van der Waals surface area contributed by atoms with E-state index in [-0.39, 0.29) is 0 Å². The van der Waals surface area contributed by atoms with E-state index < -0.39 is 0 Å². The quantitative estimate of drug-likeness (QED) is 0.864. The molecular formula is C16H18N4. The fraction of sp³-hybridized carbons (Fsp3) is 0.250. The molecule has 1 heterocycles. The van der Waals surface area contributed by atoms with E-state index in [0.717, 1.165) is 23.6 Å². The van der Waals surface area contributed by atoms with Crippen molar-refractivity contribution >= 4 is 11.4 Å². The van der Waals surface area contributed by atoms with Gasteiger partial charge in [0.1, 0.15) is 0 Å². The van der Waals surface area contributed by atoms with Gasteiger partial charge in [0.15, 0.2) is 0 Å². The van der Waals surface area contributed by atoms with E-state index in [9.17, 15) is 0 Å². The van der Waals surface area contributed by atoms with Crippen LogP contribution in [0.4, 0.5) is 11.4 Å². The molecule has 0 unspecified atom stereocenters. The van der Waals surface area contributed by atoms with Crippen LogP contribution in [-0.2, 0) is 6.54 Å². The minimum absolute atomic E-state index is 0.580. The predicted molar refractivity (Wildman–Crippen MR) is 81.3 cm³/mol. The molecule has 0 saturated heterocycles. The van der Waals surface area contributed by atoms with Gasteiger partial charge in [0.25, 0.3) is 0 Å². The molecular weight excluding hydrogens is 248 g/mol. The molecule has 0 spiro atoms. The minimum atomic E-state index is 0.580. The highest BCUT2D eigenvalue weighted by molar-refractivity contribution is 5.69. The molecule has 1 aromatic carbocycles. The maximum absolute atomic E-state index is 8.89. The van der Waals surface area contributed by atoms with Crippen molar-refractivity contribution in [2.45, 2.75) is 20.4 Å². The summed E-state index contributed by atoms with van der Waals surface area (Å²) in [5.41, 5.74) is 10.2. The van der Waals surface area contributed by atoms with Crippen molar-refractivity contribution in [3.05, 3.63) is 53.3 Å². The zero-order valence-corrected chi connectivity index (χ0v) is 11.8. The molecule has 2 aromatic rings. The number of nitrogen functional groups attached to an aromatic ring is 1. The van der Waals surface area contributed by atoms with Crippen LogP contribution in [0.1, 0.15) is 23.9 Å². The van der Waals surface area contributed by atoms with Crippen molar-refractivity contribution in [1.82, 2.24) is 4.98 Å². The number of anilines is 2. The van der Waals surface area contributed by atoms with E-state index in [1.165, 1.54) is 0 Å². The molecule has 0 aliphatic heterocycles. The Hall–Kier alpha value is -2.54. The standard InChI is InChI=1S/C16H18N4/c1-3-20(11-14-6-4-5-12(2)19-14)16-8-7-13(10-17)9-15(16)18/h4-9H,3,11,18H2,1-2H3. The van der Waals surface area contributed by atoms with Crippen LogP contribution < -0.4 is 10.6 Å². The summed E-state index contributed by atoms with van der Waals surface area (Å²) < 4.78 is 0. The van der Waals surface area contributed by atoms with Crippen LogP contribution in [-0.4, -0.2) is 11.5 Å². The second-order valence-corrected chi connectivity index (χ2v) is 4.67. The van der Waals surface area contributed by atoms with Gasteiger partial charge in [-0.05, 0) is 44.2 Å². The van der Waals surface area contributed by atoms with Gasteiger partial charge in [-0.1, -0.05) is 6.07 Å². The van der Waals surface area contributed by atoms with Crippen molar-refractivity contribution in [1.29, 1.82) is 5.26 Å². The Labute approximate surface area is 119 Å². The molecule has 0 atom stereocenters. The first kappa shape index (κ1) is 13.9. The third-order valence-electron chi connectivity index (χ3n) is 3.18. The molecule has 0 bridgehead atoms. The molecule has 0 amide bonds. The average Bonchev–Trinajstić information content (AvgIpc) is 2.45. The molecule has 20 heavy (non-hydrogen) atoms. The third-order valence-corrected chi connectivity index (χ3v) is 3.18. The van der Waals surface area contributed by atoms with Crippen molar-refractivity contribution in [3.8, 4) is 6.07 Å². The van der Waals surface area contributed by atoms with Gasteiger partial charge in [-0.25, -0.2) is 0 Å². The number of aromatic nitrogens is 1. The largest absolute Gasteiger partial charge is 0.397 e. The van der Waals surface area contributed by atoms with Gasteiger partial charge >= 0.3 is 0 Å². The molecule has 4 nitrogen and oxygen atoms in total. The zero-order valence-electron chi connectivity index (χ0n) is 11.8. The normalized spacial score (nSPS) is 10.1. The number of hydrogen-bond donors (Lipinski definition) is 1. The number of benzene rings is 1. The van der Waals surface area contributed by atoms with Crippen LogP contribution in [0.25, 0.3) is 0 Å². The van der Waals surface area contributed by atoms with Gasteiger partial charge in [0.05, 0.1) is 35.2 Å². The van der Waals surface area contributed by atoms with Crippen LogP contribution in [0.15, 0.2) is 36.4 Å². The van der Waals surface area contributed by atoms with Crippen LogP contribution in [0.2, 0.25) is 0 Å². The number of nitrogens with zero attached hydrogens (tertiary/aromatic N) is 3. The summed E-state index contributed by atoms with van der Waals surface area (Å²) in [4.78, 5) is 6.67. The first-order chi connectivity index (χ1) is 9.63. The second-order valence-electron chi connectivity index (χ2n) is 4.67. The highest BCUT2D eigenvalue weighted by atomic mass is 15.1. The van der Waals surface area contributed by atoms with Gasteiger partial charge < -0.3 is 10.6 Å². The number of hydrogen-bond acceptors (Lipinski definition) is 4. The van der Waals surface area contributed by atoms with Crippen LogP contribution >= 0.6 is 0 Å². The minimum Gasteiger partial charge on any atom is -0.397 e. The van der Waals surface area contributed by atoms with Crippen LogP contribution in [0.3, 0.4) is 0 Å². The van der Waals surface area contributed by atoms with E-state index in [0.29, 0.717) is 17.8 Å². The summed E-state index contributed by atoms with van der Waals surface area (Å²) in [6, 6.07) is 13.5. The van der Waals surface area contributed by atoms with Gasteiger partial charge in [-0.2, -0.15) is 5.26 Å². The van der Waals surface area contributed by atoms with Gasteiger partial charge in [-0.3, -0.25) is 4.98 Å². The fourth-order valence-electron chi connectivity index (χ4n) is 2.16. The van der Waals surface area contributed by atoms with Crippen LogP contribution in [0.5, 0.6) is 0 Å². The summed E-state index contributed by atoms with van der Waals surface area (Å²) in [6.07, 6.45) is 0.